The molecule has 1 aromatic heterocycles. The molecule has 0 unspecified atom stereocenters. The van der Waals surface area contributed by atoms with E-state index in [1.165, 1.54) is 18.3 Å². The molecule has 0 bridgehead atoms. The summed E-state index contributed by atoms with van der Waals surface area (Å²) in [7, 11) is 0. The lowest BCUT2D eigenvalue weighted by molar-refractivity contribution is -0.112. The number of pyridine rings is 1. The summed E-state index contributed by atoms with van der Waals surface area (Å²) in [4.78, 5) is 27.5. The summed E-state index contributed by atoms with van der Waals surface area (Å²) >= 11 is 0. The van der Waals surface area contributed by atoms with Crippen LogP contribution < -0.4 is 5.32 Å². The molecule has 1 heterocycles. The van der Waals surface area contributed by atoms with Crippen molar-refractivity contribution in [2.24, 2.45) is 5.92 Å². The van der Waals surface area contributed by atoms with Gasteiger partial charge in [-0.15, -0.1) is 0 Å². The van der Waals surface area contributed by atoms with Crippen molar-refractivity contribution in [1.29, 1.82) is 0 Å². The van der Waals surface area contributed by atoms with Crippen LogP contribution in [-0.4, -0.2) is 23.2 Å². The van der Waals surface area contributed by atoms with Gasteiger partial charge < -0.3 is 10.1 Å². The van der Waals surface area contributed by atoms with Gasteiger partial charge in [0.25, 0.3) is 5.91 Å². The summed E-state index contributed by atoms with van der Waals surface area (Å²) in [6.45, 7) is 0. The van der Waals surface area contributed by atoms with Gasteiger partial charge in [-0.25, -0.2) is 4.39 Å². The third kappa shape index (κ3) is 3.85. The van der Waals surface area contributed by atoms with Gasteiger partial charge in [0.2, 0.25) is 0 Å². The quantitative estimate of drug-likeness (QED) is 0.876. The molecule has 1 saturated carbocycles. The smallest absolute Gasteiger partial charge is 0.253 e. The fourth-order valence-corrected chi connectivity index (χ4v) is 3.10. The second-order valence-electron chi connectivity index (χ2n) is 6.18. The van der Waals surface area contributed by atoms with Gasteiger partial charge in [-0.2, -0.15) is 0 Å². The summed E-state index contributed by atoms with van der Waals surface area (Å²) in [6, 6.07) is 9.60. The van der Waals surface area contributed by atoms with E-state index >= 15 is 0 Å². The molecule has 2 atom stereocenters. The molecule has 24 heavy (non-hydrogen) atoms. The van der Waals surface area contributed by atoms with E-state index in [9.17, 15) is 14.0 Å². The number of nitrogens with one attached hydrogen (secondary N) is 1. The first-order valence-electron chi connectivity index (χ1n) is 8.14. The van der Waals surface area contributed by atoms with Gasteiger partial charge in [0.15, 0.2) is 0 Å². The second kappa shape index (κ2) is 7.34. The van der Waals surface area contributed by atoms with Crippen LogP contribution in [0.2, 0.25) is 0 Å². The predicted octanol–water partition coefficient (Wildman–Crippen LogP) is 3.38. The molecule has 0 saturated heterocycles. The molecule has 0 spiro atoms. The van der Waals surface area contributed by atoms with Crippen LogP contribution in [0.15, 0.2) is 42.6 Å². The maximum atomic E-state index is 13.3. The Labute approximate surface area is 140 Å². The zero-order valence-corrected chi connectivity index (χ0v) is 13.2. The van der Waals surface area contributed by atoms with Gasteiger partial charge in [-0.1, -0.05) is 18.6 Å². The van der Waals surface area contributed by atoms with Crippen molar-refractivity contribution in [3.8, 4) is 11.3 Å². The van der Waals surface area contributed by atoms with Crippen LogP contribution in [-0.2, 0) is 4.79 Å². The molecule has 3 rings (SSSR count). The third-order valence-electron chi connectivity index (χ3n) is 4.39. The van der Waals surface area contributed by atoms with Crippen molar-refractivity contribution in [2.75, 3.05) is 0 Å². The largest absolute Gasteiger partial charge is 0.349 e. The Morgan fingerprint density at radius 2 is 2.12 bits per heavy atom. The van der Waals surface area contributed by atoms with E-state index in [0.717, 1.165) is 25.5 Å². The van der Waals surface area contributed by atoms with Gasteiger partial charge in [0, 0.05) is 23.7 Å². The normalized spacial score (nSPS) is 20.4. The lowest BCUT2D eigenvalue weighted by Gasteiger charge is -2.26. The Hall–Kier alpha value is -2.56. The third-order valence-corrected chi connectivity index (χ3v) is 4.39. The molecule has 0 radical (unpaired) electrons. The highest BCUT2D eigenvalue weighted by Crippen LogP contribution is 2.23. The first kappa shape index (κ1) is 16.3. The minimum atomic E-state index is -0.321. The van der Waals surface area contributed by atoms with Gasteiger partial charge in [-0.05, 0) is 43.5 Å². The standard InChI is InChI=1S/C19H19FN2O2/c20-16-5-2-4-14(10-16)18-8-7-15(11-21-18)19(24)22-17-6-1-3-13(9-17)12-23/h2,4-5,7-8,10-13,17H,1,3,6,9H2,(H,22,24)/t13-,17+/m0/s1. The number of aldehydes is 1. The summed E-state index contributed by atoms with van der Waals surface area (Å²) in [5, 5.41) is 2.97. The molecule has 1 aromatic carbocycles. The van der Waals surface area contributed by atoms with Crippen molar-refractivity contribution in [2.45, 2.75) is 31.7 Å². The maximum Gasteiger partial charge on any atom is 0.253 e. The number of rotatable bonds is 4. The van der Waals surface area contributed by atoms with Gasteiger partial charge in [-0.3, -0.25) is 9.78 Å². The van der Waals surface area contributed by atoms with Gasteiger partial charge >= 0.3 is 0 Å². The van der Waals surface area contributed by atoms with Crippen molar-refractivity contribution in [3.05, 3.63) is 54.0 Å². The van der Waals surface area contributed by atoms with Crippen molar-refractivity contribution >= 4 is 12.2 Å². The van der Waals surface area contributed by atoms with E-state index in [2.05, 4.69) is 10.3 Å². The lowest BCUT2D eigenvalue weighted by Crippen LogP contribution is -2.38. The topological polar surface area (TPSA) is 59.1 Å². The van der Waals surface area contributed by atoms with Gasteiger partial charge in [0.1, 0.15) is 12.1 Å². The first-order valence-corrected chi connectivity index (χ1v) is 8.14. The molecule has 1 aliphatic carbocycles. The summed E-state index contributed by atoms with van der Waals surface area (Å²) in [6.07, 6.45) is 5.92. The van der Waals surface area contributed by atoms with Crippen LogP contribution in [0.25, 0.3) is 11.3 Å². The second-order valence-corrected chi connectivity index (χ2v) is 6.18. The van der Waals surface area contributed by atoms with E-state index in [1.807, 2.05) is 0 Å². The van der Waals surface area contributed by atoms with E-state index < -0.39 is 0 Å². The highest BCUT2D eigenvalue weighted by molar-refractivity contribution is 5.94. The molecular weight excluding hydrogens is 307 g/mol. The van der Waals surface area contributed by atoms with Crippen molar-refractivity contribution < 1.29 is 14.0 Å². The lowest BCUT2D eigenvalue weighted by atomic mass is 9.86. The molecule has 5 heteroatoms. The van der Waals surface area contributed by atoms with Crippen molar-refractivity contribution in [1.82, 2.24) is 10.3 Å². The number of aromatic nitrogens is 1. The van der Waals surface area contributed by atoms with Crippen LogP contribution in [0.4, 0.5) is 4.39 Å². The Morgan fingerprint density at radius 3 is 2.83 bits per heavy atom. The SMILES string of the molecule is O=C[C@H]1CCC[C@@H](NC(=O)c2ccc(-c3cccc(F)c3)nc2)C1. The molecule has 0 aliphatic heterocycles. The Kier molecular flexibility index (Phi) is 4.99. The molecule has 1 fully saturated rings. The molecule has 1 amide bonds. The van der Waals surface area contributed by atoms with E-state index in [1.54, 1.807) is 24.3 Å². The Balaban J connectivity index is 1.66. The zero-order chi connectivity index (χ0) is 16.9. The summed E-state index contributed by atoms with van der Waals surface area (Å²) in [5.41, 5.74) is 1.75. The Bertz CT molecular complexity index is 730. The van der Waals surface area contributed by atoms with Crippen LogP contribution in [0.5, 0.6) is 0 Å². The summed E-state index contributed by atoms with van der Waals surface area (Å²) < 4.78 is 13.3. The number of nitrogens with zero attached hydrogens (tertiary/aromatic N) is 1. The highest BCUT2D eigenvalue weighted by atomic mass is 19.1. The van der Waals surface area contributed by atoms with E-state index in [4.69, 9.17) is 0 Å². The molecule has 4 nitrogen and oxygen atoms in total. The number of halogens is 1. The molecule has 1 N–H and O–H groups in total. The van der Waals surface area contributed by atoms with Crippen LogP contribution in [0.3, 0.4) is 0 Å². The minimum absolute atomic E-state index is 0.0318. The number of carbonyl (C=O) groups is 2. The highest BCUT2D eigenvalue weighted by Gasteiger charge is 2.23. The van der Waals surface area contributed by atoms with Gasteiger partial charge in [0.05, 0.1) is 11.3 Å². The number of carbonyl (C=O) groups excluding carboxylic acids is 2. The fourth-order valence-electron chi connectivity index (χ4n) is 3.10. The van der Waals surface area contributed by atoms with Crippen LogP contribution >= 0.6 is 0 Å². The van der Waals surface area contributed by atoms with Crippen LogP contribution in [0, 0.1) is 11.7 Å². The van der Waals surface area contributed by atoms with E-state index in [0.29, 0.717) is 23.2 Å². The van der Waals surface area contributed by atoms with Crippen molar-refractivity contribution in [3.63, 3.8) is 0 Å². The molecule has 2 aromatic rings. The average Bonchev–Trinajstić information content (AvgIpc) is 2.62. The average molecular weight is 326 g/mol. The fraction of sp³-hybridized carbons (Fsp3) is 0.316. The molecular formula is C19H19FN2O2. The van der Waals surface area contributed by atoms with E-state index in [-0.39, 0.29) is 23.7 Å². The number of amides is 1. The predicted molar refractivity (Wildman–Crippen MR) is 88.9 cm³/mol. The molecule has 1 aliphatic rings. The number of hydrogen-bond acceptors (Lipinski definition) is 3. The Morgan fingerprint density at radius 1 is 1.25 bits per heavy atom. The maximum absolute atomic E-state index is 13.3. The first-order chi connectivity index (χ1) is 11.7. The van der Waals surface area contributed by atoms with Crippen LogP contribution in [0.1, 0.15) is 36.0 Å². The summed E-state index contributed by atoms with van der Waals surface area (Å²) in [5.74, 6) is -0.472. The monoisotopic (exact) mass is 326 g/mol. The zero-order valence-electron chi connectivity index (χ0n) is 13.2. The number of hydrogen-bond donors (Lipinski definition) is 1. The number of benzene rings is 1. The minimum Gasteiger partial charge on any atom is -0.349 e. The molecule has 124 valence electrons.